The van der Waals surface area contributed by atoms with Crippen LogP contribution < -0.4 is 10.2 Å². The first-order valence-electron chi connectivity index (χ1n) is 8.34. The van der Waals surface area contributed by atoms with Crippen molar-refractivity contribution in [1.29, 1.82) is 0 Å². The van der Waals surface area contributed by atoms with E-state index >= 15 is 0 Å². The van der Waals surface area contributed by atoms with Crippen molar-refractivity contribution in [1.82, 2.24) is 10.2 Å². The third-order valence-electron chi connectivity index (χ3n) is 3.87. The summed E-state index contributed by atoms with van der Waals surface area (Å²) in [5, 5.41) is 11.3. The van der Waals surface area contributed by atoms with E-state index in [0.29, 0.717) is 21.6 Å². The van der Waals surface area contributed by atoms with E-state index in [4.69, 9.17) is 0 Å². The first-order valence-corrected chi connectivity index (χ1v) is 10.0. The van der Waals surface area contributed by atoms with Gasteiger partial charge in [0.05, 0.1) is 5.25 Å². The van der Waals surface area contributed by atoms with E-state index in [1.807, 2.05) is 6.92 Å². The molecule has 6 nitrogen and oxygen atoms in total. The van der Waals surface area contributed by atoms with Crippen molar-refractivity contribution in [2.24, 2.45) is 0 Å². The molecule has 1 aliphatic carbocycles. The highest BCUT2D eigenvalue weighted by Gasteiger charge is 2.34. The predicted octanol–water partition coefficient (Wildman–Crippen LogP) is 3.70. The lowest BCUT2D eigenvalue weighted by atomic mass is 10.2. The molecule has 0 radical (unpaired) electrons. The maximum Gasteiger partial charge on any atom is 0.237 e. The number of nitrogens with zero attached hydrogens (tertiary/aromatic N) is 3. The molecular weight excluding hydrogens is 375 g/mol. The zero-order chi connectivity index (χ0) is 18.7. The molecule has 2 aromatic rings. The van der Waals surface area contributed by atoms with Crippen LogP contribution in [0.4, 0.5) is 15.2 Å². The average Bonchev–Trinajstić information content (AvgIpc) is 3.32. The minimum atomic E-state index is -0.354. The van der Waals surface area contributed by atoms with Crippen LogP contribution in [0.3, 0.4) is 0 Å². The number of halogens is 1. The number of rotatable bonds is 7. The Morgan fingerprint density at radius 2 is 2.04 bits per heavy atom. The van der Waals surface area contributed by atoms with Crippen LogP contribution in [-0.4, -0.2) is 33.3 Å². The third kappa shape index (κ3) is 4.59. The number of amides is 2. The molecule has 0 spiro atoms. The topological polar surface area (TPSA) is 75.2 Å². The number of thioether (sulfide) groups is 1. The number of nitrogens with one attached hydrogen (secondary N) is 1. The summed E-state index contributed by atoms with van der Waals surface area (Å²) in [4.78, 5) is 26.0. The monoisotopic (exact) mass is 394 g/mol. The Kier molecular flexibility index (Phi) is 5.87. The fourth-order valence-corrected chi connectivity index (χ4v) is 4.55. The zero-order valence-electron chi connectivity index (χ0n) is 14.4. The van der Waals surface area contributed by atoms with E-state index < -0.39 is 0 Å². The van der Waals surface area contributed by atoms with Gasteiger partial charge in [0.25, 0.3) is 0 Å². The molecule has 1 aliphatic rings. The van der Waals surface area contributed by atoms with Crippen molar-refractivity contribution in [2.75, 3.05) is 10.2 Å². The summed E-state index contributed by atoms with van der Waals surface area (Å²) in [6.45, 7) is 3.44. The lowest BCUT2D eigenvalue weighted by Crippen LogP contribution is -2.30. The summed E-state index contributed by atoms with van der Waals surface area (Å²) in [6.07, 6.45) is 2.57. The van der Waals surface area contributed by atoms with Crippen LogP contribution in [0.25, 0.3) is 0 Å². The van der Waals surface area contributed by atoms with Crippen molar-refractivity contribution in [3.05, 3.63) is 30.1 Å². The first-order chi connectivity index (χ1) is 12.5. The summed E-state index contributed by atoms with van der Waals surface area (Å²) in [5.41, 5.74) is 0.546. The SMILES string of the molecule is CCC(Sc1nnc(N(C(C)=O)C2CC2)s1)C(=O)Nc1ccc(F)cc1. The van der Waals surface area contributed by atoms with E-state index in [2.05, 4.69) is 15.5 Å². The van der Waals surface area contributed by atoms with Gasteiger partial charge in [-0.1, -0.05) is 30.0 Å². The van der Waals surface area contributed by atoms with Gasteiger partial charge < -0.3 is 5.32 Å². The quantitative estimate of drug-likeness (QED) is 0.572. The second-order valence-electron chi connectivity index (χ2n) is 5.98. The summed E-state index contributed by atoms with van der Waals surface area (Å²) in [5.74, 6) is -0.565. The molecule has 3 rings (SSSR count). The van der Waals surface area contributed by atoms with E-state index in [0.717, 1.165) is 12.8 Å². The van der Waals surface area contributed by atoms with E-state index in [1.165, 1.54) is 54.3 Å². The van der Waals surface area contributed by atoms with Crippen molar-refractivity contribution in [3.63, 3.8) is 0 Å². The summed E-state index contributed by atoms with van der Waals surface area (Å²) in [6, 6.07) is 5.87. The fourth-order valence-electron chi connectivity index (χ4n) is 2.43. The van der Waals surface area contributed by atoms with Gasteiger partial charge in [0.1, 0.15) is 5.82 Å². The largest absolute Gasteiger partial charge is 0.325 e. The van der Waals surface area contributed by atoms with Gasteiger partial charge in [-0.2, -0.15) is 0 Å². The molecular formula is C17H19FN4O2S2. The minimum Gasteiger partial charge on any atom is -0.325 e. The van der Waals surface area contributed by atoms with Crippen molar-refractivity contribution in [2.45, 2.75) is 48.7 Å². The molecule has 1 atom stereocenters. The fraction of sp³-hybridized carbons (Fsp3) is 0.412. The number of aromatic nitrogens is 2. The van der Waals surface area contributed by atoms with Crippen LogP contribution in [-0.2, 0) is 9.59 Å². The highest BCUT2D eigenvalue weighted by molar-refractivity contribution is 8.02. The normalized spacial score (nSPS) is 14.7. The molecule has 1 saturated carbocycles. The lowest BCUT2D eigenvalue weighted by molar-refractivity contribution is -0.117. The molecule has 1 unspecified atom stereocenters. The molecule has 0 aliphatic heterocycles. The van der Waals surface area contributed by atoms with Gasteiger partial charge in [-0.25, -0.2) is 4.39 Å². The Morgan fingerprint density at radius 1 is 1.35 bits per heavy atom. The molecule has 26 heavy (non-hydrogen) atoms. The maximum atomic E-state index is 13.0. The molecule has 1 fully saturated rings. The number of hydrogen-bond donors (Lipinski definition) is 1. The number of benzene rings is 1. The second-order valence-corrected chi connectivity index (χ2v) is 8.39. The van der Waals surface area contributed by atoms with Crippen molar-refractivity contribution >= 4 is 45.7 Å². The Hall–Kier alpha value is -2.00. The van der Waals surface area contributed by atoms with Gasteiger partial charge in [0.15, 0.2) is 4.34 Å². The Labute approximate surface area is 159 Å². The molecule has 1 N–H and O–H groups in total. The van der Waals surface area contributed by atoms with Crippen LogP contribution in [0.2, 0.25) is 0 Å². The first kappa shape index (κ1) is 18.8. The highest BCUT2D eigenvalue weighted by Crippen LogP contribution is 2.37. The molecule has 1 heterocycles. The average molecular weight is 394 g/mol. The Balaban J connectivity index is 1.65. The Bertz CT molecular complexity index is 792. The molecule has 2 amide bonds. The summed E-state index contributed by atoms with van der Waals surface area (Å²) < 4.78 is 13.6. The second kappa shape index (κ2) is 8.13. The molecule has 0 bridgehead atoms. The van der Waals surface area contributed by atoms with E-state index in [1.54, 1.807) is 4.90 Å². The number of carbonyl (C=O) groups excluding carboxylic acids is 2. The van der Waals surface area contributed by atoms with Crippen molar-refractivity contribution in [3.8, 4) is 0 Å². The van der Waals surface area contributed by atoms with E-state index in [9.17, 15) is 14.0 Å². The number of carbonyl (C=O) groups is 2. The summed E-state index contributed by atoms with van der Waals surface area (Å²) >= 11 is 2.65. The number of hydrogen-bond acceptors (Lipinski definition) is 6. The van der Waals surface area contributed by atoms with Crippen LogP contribution in [0.15, 0.2) is 28.6 Å². The molecule has 1 aromatic heterocycles. The maximum absolute atomic E-state index is 13.0. The number of anilines is 2. The van der Waals surface area contributed by atoms with Crippen LogP contribution >= 0.6 is 23.1 Å². The van der Waals surface area contributed by atoms with Gasteiger partial charge in [-0.05, 0) is 43.5 Å². The molecule has 1 aromatic carbocycles. The van der Waals surface area contributed by atoms with Gasteiger partial charge in [0, 0.05) is 18.7 Å². The predicted molar refractivity (Wildman–Crippen MR) is 101 cm³/mol. The highest BCUT2D eigenvalue weighted by atomic mass is 32.2. The smallest absolute Gasteiger partial charge is 0.237 e. The summed E-state index contributed by atoms with van der Waals surface area (Å²) in [7, 11) is 0. The van der Waals surface area contributed by atoms with Crippen LogP contribution in [0, 0.1) is 5.82 Å². The molecule has 0 saturated heterocycles. The van der Waals surface area contributed by atoms with Gasteiger partial charge in [0.2, 0.25) is 16.9 Å². The van der Waals surface area contributed by atoms with E-state index in [-0.39, 0.29) is 28.9 Å². The Morgan fingerprint density at radius 3 is 2.62 bits per heavy atom. The minimum absolute atomic E-state index is 0.0405. The zero-order valence-corrected chi connectivity index (χ0v) is 16.1. The van der Waals surface area contributed by atoms with Gasteiger partial charge >= 0.3 is 0 Å². The molecule has 9 heteroatoms. The van der Waals surface area contributed by atoms with Crippen LogP contribution in [0.5, 0.6) is 0 Å². The van der Waals surface area contributed by atoms with Crippen molar-refractivity contribution < 1.29 is 14.0 Å². The third-order valence-corrected chi connectivity index (χ3v) is 6.24. The van der Waals surface area contributed by atoms with Gasteiger partial charge in [-0.15, -0.1) is 10.2 Å². The molecule has 138 valence electrons. The lowest BCUT2D eigenvalue weighted by Gasteiger charge is -2.15. The van der Waals surface area contributed by atoms with Gasteiger partial charge in [-0.3, -0.25) is 14.5 Å². The standard InChI is InChI=1S/C17H19FN4O2S2/c1-3-14(15(24)19-12-6-4-11(18)5-7-12)25-17-21-20-16(26-17)22(10(2)23)13-8-9-13/h4-7,13-14H,3,8-9H2,1-2H3,(H,19,24). The van der Waals surface area contributed by atoms with Crippen LogP contribution in [0.1, 0.15) is 33.1 Å².